The lowest BCUT2D eigenvalue weighted by Gasteiger charge is -2.35. The number of hydrogen-bond acceptors (Lipinski definition) is 4. The van der Waals surface area contributed by atoms with Crippen molar-refractivity contribution in [2.75, 3.05) is 26.2 Å². The molecule has 2 fully saturated rings. The number of rotatable bonds is 5. The largest absolute Gasteiger partial charge is 0.339 e. The molecule has 1 aliphatic heterocycles. The van der Waals surface area contributed by atoms with Gasteiger partial charge in [0.05, 0.1) is 4.92 Å². The molecule has 3 rings (SSSR count). The highest BCUT2D eigenvalue weighted by atomic mass is 16.6. The first kappa shape index (κ1) is 20.3. The Hall–Kier alpha value is -2.44. The predicted octanol–water partition coefficient (Wildman–Crippen LogP) is 3.55. The lowest BCUT2D eigenvalue weighted by Crippen LogP contribution is -2.50. The van der Waals surface area contributed by atoms with E-state index in [9.17, 15) is 19.7 Å². The highest BCUT2D eigenvalue weighted by Gasteiger charge is 2.26. The number of amides is 2. The van der Waals surface area contributed by atoms with Gasteiger partial charge in [-0.1, -0.05) is 32.1 Å². The van der Waals surface area contributed by atoms with E-state index in [2.05, 4.69) is 0 Å². The third-order valence-electron chi connectivity index (χ3n) is 6.05. The maximum absolute atomic E-state index is 12.7. The summed E-state index contributed by atoms with van der Waals surface area (Å²) in [7, 11) is 0. The first-order valence-electron chi connectivity index (χ1n) is 10.3. The predicted molar refractivity (Wildman–Crippen MR) is 106 cm³/mol. The third-order valence-corrected chi connectivity index (χ3v) is 6.05. The highest BCUT2D eigenvalue weighted by molar-refractivity contribution is 5.95. The minimum absolute atomic E-state index is 0.0185. The Morgan fingerprint density at radius 3 is 2.32 bits per heavy atom. The Morgan fingerprint density at radius 2 is 1.71 bits per heavy atom. The van der Waals surface area contributed by atoms with Crippen LogP contribution >= 0.6 is 0 Å². The fraction of sp³-hybridized carbons (Fsp3) is 0.619. The summed E-state index contributed by atoms with van der Waals surface area (Å²) < 4.78 is 0. The van der Waals surface area contributed by atoms with Gasteiger partial charge in [-0.15, -0.1) is 0 Å². The monoisotopic (exact) mass is 387 g/mol. The van der Waals surface area contributed by atoms with Crippen molar-refractivity contribution in [1.82, 2.24) is 9.80 Å². The molecule has 1 saturated heterocycles. The van der Waals surface area contributed by atoms with Crippen LogP contribution in [-0.4, -0.2) is 52.7 Å². The second-order valence-corrected chi connectivity index (χ2v) is 7.97. The SMILES string of the molecule is Cc1cc(C(=O)N2CCN(C(=O)CCC3CCCCC3)CC2)ccc1[N+](=O)[O-]. The van der Waals surface area contributed by atoms with Crippen molar-refractivity contribution in [3.8, 4) is 0 Å². The fourth-order valence-electron chi connectivity index (χ4n) is 4.30. The van der Waals surface area contributed by atoms with Gasteiger partial charge >= 0.3 is 0 Å². The van der Waals surface area contributed by atoms with Gasteiger partial charge < -0.3 is 9.80 Å². The fourth-order valence-corrected chi connectivity index (χ4v) is 4.30. The molecule has 0 spiro atoms. The smallest absolute Gasteiger partial charge is 0.272 e. The number of benzene rings is 1. The van der Waals surface area contributed by atoms with Gasteiger partial charge in [0.1, 0.15) is 0 Å². The van der Waals surface area contributed by atoms with Crippen LogP contribution in [0.1, 0.15) is 60.9 Å². The second-order valence-electron chi connectivity index (χ2n) is 7.97. The molecular weight excluding hydrogens is 358 g/mol. The number of nitrogens with zero attached hydrogens (tertiary/aromatic N) is 3. The molecule has 1 aliphatic carbocycles. The number of aryl methyl sites for hydroxylation is 1. The molecule has 1 aromatic carbocycles. The van der Waals surface area contributed by atoms with Crippen LogP contribution in [0.2, 0.25) is 0 Å². The normalized spacial score (nSPS) is 18.2. The number of piperazine rings is 1. The number of carbonyl (C=O) groups excluding carboxylic acids is 2. The number of carbonyl (C=O) groups is 2. The van der Waals surface area contributed by atoms with E-state index in [0.717, 1.165) is 6.42 Å². The summed E-state index contributed by atoms with van der Waals surface area (Å²) in [6.07, 6.45) is 8.02. The van der Waals surface area contributed by atoms with Crippen LogP contribution in [0.15, 0.2) is 18.2 Å². The summed E-state index contributed by atoms with van der Waals surface area (Å²) in [5.41, 5.74) is 0.956. The molecule has 1 heterocycles. The summed E-state index contributed by atoms with van der Waals surface area (Å²) >= 11 is 0. The van der Waals surface area contributed by atoms with Crippen molar-refractivity contribution in [2.45, 2.75) is 51.9 Å². The van der Waals surface area contributed by atoms with Gasteiger partial charge in [0, 0.05) is 49.8 Å². The molecule has 0 atom stereocenters. The van der Waals surface area contributed by atoms with Crippen LogP contribution in [0.5, 0.6) is 0 Å². The van der Waals surface area contributed by atoms with E-state index in [1.54, 1.807) is 17.9 Å². The van der Waals surface area contributed by atoms with Crippen LogP contribution in [0.25, 0.3) is 0 Å². The topological polar surface area (TPSA) is 83.8 Å². The van der Waals surface area contributed by atoms with Gasteiger partial charge in [0.15, 0.2) is 0 Å². The zero-order chi connectivity index (χ0) is 20.1. The molecule has 0 bridgehead atoms. The maximum atomic E-state index is 12.7. The zero-order valence-corrected chi connectivity index (χ0v) is 16.6. The molecule has 2 aliphatic rings. The summed E-state index contributed by atoms with van der Waals surface area (Å²) in [6.45, 7) is 3.76. The Bertz CT molecular complexity index is 735. The van der Waals surface area contributed by atoms with Crippen LogP contribution in [0.4, 0.5) is 5.69 Å². The van der Waals surface area contributed by atoms with E-state index in [1.807, 2.05) is 4.90 Å². The van der Waals surface area contributed by atoms with Crippen LogP contribution < -0.4 is 0 Å². The standard InChI is InChI=1S/C21H29N3O4/c1-16-15-18(8-9-19(16)24(27)28)21(26)23-13-11-22(12-14-23)20(25)10-7-17-5-3-2-4-6-17/h8-9,15,17H,2-7,10-14H2,1H3. The molecule has 7 nitrogen and oxygen atoms in total. The molecule has 1 saturated carbocycles. The van der Waals surface area contributed by atoms with Crippen molar-refractivity contribution < 1.29 is 14.5 Å². The number of hydrogen-bond donors (Lipinski definition) is 0. The van der Waals surface area contributed by atoms with E-state index in [-0.39, 0.29) is 17.5 Å². The van der Waals surface area contributed by atoms with Crippen molar-refractivity contribution in [2.24, 2.45) is 5.92 Å². The number of nitro benzene ring substituents is 1. The summed E-state index contributed by atoms with van der Waals surface area (Å²) in [6, 6.07) is 4.46. The average Bonchev–Trinajstić information content (AvgIpc) is 2.72. The van der Waals surface area contributed by atoms with Crippen molar-refractivity contribution in [3.63, 3.8) is 0 Å². The molecule has 0 radical (unpaired) electrons. The van der Waals surface area contributed by atoms with Crippen molar-refractivity contribution in [1.29, 1.82) is 0 Å². The van der Waals surface area contributed by atoms with E-state index in [4.69, 9.17) is 0 Å². The molecule has 0 unspecified atom stereocenters. The van der Waals surface area contributed by atoms with E-state index < -0.39 is 4.92 Å². The van der Waals surface area contributed by atoms with E-state index in [1.165, 1.54) is 44.2 Å². The van der Waals surface area contributed by atoms with E-state index >= 15 is 0 Å². The molecule has 0 N–H and O–H groups in total. The van der Waals surface area contributed by atoms with Crippen LogP contribution in [0.3, 0.4) is 0 Å². The molecule has 152 valence electrons. The Kier molecular flexibility index (Phi) is 6.65. The first-order chi connectivity index (χ1) is 13.5. The molecule has 1 aromatic rings. The van der Waals surface area contributed by atoms with Gasteiger partial charge in [-0.3, -0.25) is 19.7 Å². The first-order valence-corrected chi connectivity index (χ1v) is 10.3. The van der Waals surface area contributed by atoms with Crippen molar-refractivity contribution >= 4 is 17.5 Å². The minimum Gasteiger partial charge on any atom is -0.339 e. The minimum atomic E-state index is -0.443. The van der Waals surface area contributed by atoms with Gasteiger partial charge in [-0.2, -0.15) is 0 Å². The molecule has 2 amide bonds. The van der Waals surface area contributed by atoms with Crippen LogP contribution in [0, 0.1) is 23.0 Å². The molecular formula is C21H29N3O4. The highest BCUT2D eigenvalue weighted by Crippen LogP contribution is 2.27. The number of nitro groups is 1. The van der Waals surface area contributed by atoms with E-state index in [0.29, 0.717) is 49.6 Å². The summed E-state index contributed by atoms with van der Waals surface area (Å²) in [5, 5.41) is 10.9. The molecule has 0 aromatic heterocycles. The Labute approximate surface area is 165 Å². The van der Waals surface area contributed by atoms with Gasteiger partial charge in [0.2, 0.25) is 5.91 Å². The lowest BCUT2D eigenvalue weighted by atomic mass is 9.86. The van der Waals surface area contributed by atoms with Gasteiger partial charge in [-0.05, 0) is 31.4 Å². The van der Waals surface area contributed by atoms with Gasteiger partial charge in [-0.25, -0.2) is 0 Å². The Balaban J connectivity index is 1.49. The maximum Gasteiger partial charge on any atom is 0.272 e. The second kappa shape index (κ2) is 9.17. The molecule has 28 heavy (non-hydrogen) atoms. The summed E-state index contributed by atoms with van der Waals surface area (Å²) in [4.78, 5) is 39.3. The zero-order valence-electron chi connectivity index (χ0n) is 16.6. The third kappa shape index (κ3) is 4.88. The quantitative estimate of drug-likeness (QED) is 0.571. The van der Waals surface area contributed by atoms with Crippen LogP contribution in [-0.2, 0) is 4.79 Å². The summed E-state index contributed by atoms with van der Waals surface area (Å²) in [5.74, 6) is 0.766. The molecule has 7 heteroatoms. The lowest BCUT2D eigenvalue weighted by molar-refractivity contribution is -0.385. The average molecular weight is 387 g/mol. The van der Waals surface area contributed by atoms with Crippen molar-refractivity contribution in [3.05, 3.63) is 39.4 Å². The Morgan fingerprint density at radius 1 is 1.07 bits per heavy atom. The van der Waals surface area contributed by atoms with Gasteiger partial charge in [0.25, 0.3) is 11.6 Å².